The third kappa shape index (κ3) is 5.12. The Bertz CT molecular complexity index is 319. The Kier molecular flexibility index (Phi) is 6.52. The molecule has 1 saturated carbocycles. The number of hydrogen-bond acceptors (Lipinski definition) is 3. The van der Waals surface area contributed by atoms with Crippen LogP contribution in [0.1, 0.15) is 46.0 Å². The highest BCUT2D eigenvalue weighted by atomic mass is 79.9. The summed E-state index contributed by atoms with van der Waals surface area (Å²) in [4.78, 5) is 20.3. The number of Topliss-reactive ketones (excluding diaryl/α,β-unsaturated/α-hetero) is 1. The number of alkyl halides is 1. The molecule has 3 unspecified atom stereocenters. The molecule has 106 valence electrons. The Morgan fingerprint density at radius 3 is 2.72 bits per heavy atom. The van der Waals surface area contributed by atoms with Gasteiger partial charge in [0.05, 0.1) is 11.4 Å². The summed E-state index contributed by atoms with van der Waals surface area (Å²) in [7, 11) is -2.80. The summed E-state index contributed by atoms with van der Waals surface area (Å²) in [6.07, 6.45) is 4.28. The van der Waals surface area contributed by atoms with Gasteiger partial charge in [-0.15, -0.1) is 0 Å². The van der Waals surface area contributed by atoms with Crippen molar-refractivity contribution in [1.29, 1.82) is 0 Å². The van der Waals surface area contributed by atoms with Crippen LogP contribution in [0.5, 0.6) is 0 Å². The fraction of sp³-hybridized carbons (Fsp3) is 0.917. The summed E-state index contributed by atoms with van der Waals surface area (Å²) >= 11 is 3.40. The zero-order chi connectivity index (χ0) is 13.8. The van der Waals surface area contributed by atoms with Crippen LogP contribution >= 0.6 is 24.2 Å². The monoisotopic (exact) mass is 340 g/mol. The van der Waals surface area contributed by atoms with Gasteiger partial charge in [0.1, 0.15) is 5.78 Å². The molecule has 0 aromatic rings. The molecule has 0 spiro atoms. The lowest BCUT2D eigenvalue weighted by molar-refractivity contribution is -0.122. The van der Waals surface area contributed by atoms with Gasteiger partial charge < -0.3 is 9.42 Å². The van der Waals surface area contributed by atoms with E-state index in [0.29, 0.717) is 24.7 Å². The molecule has 6 heteroatoms. The highest BCUT2D eigenvalue weighted by Crippen LogP contribution is 2.41. The molecule has 18 heavy (non-hydrogen) atoms. The van der Waals surface area contributed by atoms with Gasteiger partial charge in [0.25, 0.3) is 0 Å². The number of hydrogen-bond donors (Lipinski definition) is 1. The normalized spacial score (nSPS) is 27.2. The lowest BCUT2D eigenvalue weighted by Crippen LogP contribution is -2.34. The highest BCUT2D eigenvalue weighted by Gasteiger charge is 2.35. The number of carbonyl (C=O) groups excluding carboxylic acids is 1. The van der Waals surface area contributed by atoms with E-state index in [-0.39, 0.29) is 10.2 Å². The molecule has 0 aromatic carbocycles. The molecule has 1 rings (SSSR count). The van der Waals surface area contributed by atoms with Gasteiger partial charge in [0.2, 0.25) is 0 Å². The quantitative estimate of drug-likeness (QED) is 0.457. The van der Waals surface area contributed by atoms with Crippen molar-refractivity contribution in [3.63, 3.8) is 0 Å². The van der Waals surface area contributed by atoms with Crippen LogP contribution in [0.25, 0.3) is 0 Å². The maximum absolute atomic E-state index is 11.7. The van der Waals surface area contributed by atoms with Crippen LogP contribution < -0.4 is 0 Å². The zero-order valence-electron chi connectivity index (χ0n) is 10.9. The zero-order valence-corrected chi connectivity index (χ0v) is 13.5. The molecule has 0 aromatic heterocycles. The fourth-order valence-corrected chi connectivity index (χ4v) is 3.31. The molecule has 1 aliphatic rings. The maximum Gasteiger partial charge on any atom is 0.316 e. The largest absolute Gasteiger partial charge is 0.326 e. The predicted octanol–water partition coefficient (Wildman–Crippen LogP) is 3.32. The first-order valence-corrected chi connectivity index (χ1v) is 8.53. The van der Waals surface area contributed by atoms with Crippen molar-refractivity contribution in [2.45, 2.75) is 50.8 Å². The molecule has 0 amide bonds. The predicted molar refractivity (Wildman–Crippen MR) is 75.3 cm³/mol. The van der Waals surface area contributed by atoms with Crippen molar-refractivity contribution in [2.24, 2.45) is 11.3 Å². The first-order chi connectivity index (χ1) is 8.33. The van der Waals surface area contributed by atoms with E-state index in [1.807, 2.05) is 0 Å². The molecule has 1 N–H and O–H groups in total. The van der Waals surface area contributed by atoms with Crippen LogP contribution in [0.3, 0.4) is 0 Å². The van der Waals surface area contributed by atoms with E-state index < -0.39 is 8.25 Å². The van der Waals surface area contributed by atoms with Gasteiger partial charge in [-0.05, 0) is 37.0 Å². The molecule has 0 bridgehead atoms. The van der Waals surface area contributed by atoms with Crippen LogP contribution in [0.4, 0.5) is 0 Å². The number of halogens is 1. The van der Waals surface area contributed by atoms with E-state index >= 15 is 0 Å². The average molecular weight is 341 g/mol. The first kappa shape index (κ1) is 16.4. The van der Waals surface area contributed by atoms with E-state index in [1.165, 1.54) is 0 Å². The van der Waals surface area contributed by atoms with E-state index in [4.69, 9.17) is 9.42 Å². The third-order valence-electron chi connectivity index (χ3n) is 3.86. The SMILES string of the molecule is CC(C)(CCCO[PH](=O)O)C1CCC(Br)C(=O)C1. The number of rotatable bonds is 6. The van der Waals surface area contributed by atoms with Crippen molar-refractivity contribution < 1.29 is 18.8 Å². The topological polar surface area (TPSA) is 63.6 Å². The van der Waals surface area contributed by atoms with E-state index in [9.17, 15) is 9.36 Å². The van der Waals surface area contributed by atoms with Gasteiger partial charge in [-0.25, -0.2) is 0 Å². The van der Waals surface area contributed by atoms with Gasteiger partial charge in [0.15, 0.2) is 0 Å². The molecule has 0 radical (unpaired) electrons. The van der Waals surface area contributed by atoms with Gasteiger partial charge in [-0.2, -0.15) is 0 Å². The van der Waals surface area contributed by atoms with Crippen LogP contribution in [-0.2, 0) is 13.9 Å². The molecule has 1 fully saturated rings. The smallest absolute Gasteiger partial charge is 0.316 e. The fourth-order valence-electron chi connectivity index (χ4n) is 2.54. The second-order valence-electron chi connectivity index (χ2n) is 5.62. The summed E-state index contributed by atoms with van der Waals surface area (Å²) < 4.78 is 15.1. The molecule has 4 nitrogen and oxygen atoms in total. The Labute approximate surface area is 118 Å². The summed E-state index contributed by atoms with van der Waals surface area (Å²) in [6, 6.07) is 0. The summed E-state index contributed by atoms with van der Waals surface area (Å²) in [6.45, 7) is 4.66. The lowest BCUT2D eigenvalue weighted by Gasteiger charge is -2.37. The minimum atomic E-state index is -2.80. The van der Waals surface area contributed by atoms with Crippen molar-refractivity contribution in [2.75, 3.05) is 6.61 Å². The molecular weight excluding hydrogens is 319 g/mol. The van der Waals surface area contributed by atoms with E-state index in [1.54, 1.807) is 0 Å². The summed E-state index contributed by atoms with van der Waals surface area (Å²) in [5.74, 6) is 0.709. The van der Waals surface area contributed by atoms with Gasteiger partial charge in [-0.3, -0.25) is 9.36 Å². The minimum Gasteiger partial charge on any atom is -0.326 e. The van der Waals surface area contributed by atoms with Crippen LogP contribution in [0, 0.1) is 11.3 Å². The van der Waals surface area contributed by atoms with Crippen molar-refractivity contribution in [3.05, 3.63) is 0 Å². The van der Waals surface area contributed by atoms with Crippen LogP contribution in [-0.4, -0.2) is 22.1 Å². The van der Waals surface area contributed by atoms with Crippen molar-refractivity contribution in [1.82, 2.24) is 0 Å². The third-order valence-corrected chi connectivity index (χ3v) is 5.28. The molecule has 1 aliphatic carbocycles. The highest BCUT2D eigenvalue weighted by molar-refractivity contribution is 9.10. The molecular formula is C12H22BrO4P. The van der Waals surface area contributed by atoms with Crippen LogP contribution in [0.15, 0.2) is 0 Å². The molecule has 0 heterocycles. The summed E-state index contributed by atoms with van der Waals surface area (Å²) in [5, 5.41) is 0. The Morgan fingerprint density at radius 2 is 2.17 bits per heavy atom. The Balaban J connectivity index is 2.38. The van der Waals surface area contributed by atoms with Gasteiger partial charge in [-0.1, -0.05) is 29.8 Å². The molecule has 0 aliphatic heterocycles. The second-order valence-corrected chi connectivity index (χ2v) is 7.54. The lowest BCUT2D eigenvalue weighted by atomic mass is 9.68. The van der Waals surface area contributed by atoms with Crippen molar-refractivity contribution >= 4 is 30.0 Å². The Hall–Kier alpha value is 0.300. The average Bonchev–Trinajstić information content (AvgIpc) is 2.28. The summed E-state index contributed by atoms with van der Waals surface area (Å²) in [5.41, 5.74) is 0.0808. The molecule has 3 atom stereocenters. The van der Waals surface area contributed by atoms with Gasteiger partial charge in [0, 0.05) is 6.42 Å². The van der Waals surface area contributed by atoms with Crippen LogP contribution in [0.2, 0.25) is 0 Å². The second kappa shape index (κ2) is 7.18. The number of carbonyl (C=O) groups is 1. The van der Waals surface area contributed by atoms with E-state index in [2.05, 4.69) is 29.8 Å². The maximum atomic E-state index is 11.7. The van der Waals surface area contributed by atoms with Crippen molar-refractivity contribution in [3.8, 4) is 0 Å². The Morgan fingerprint density at radius 1 is 1.50 bits per heavy atom. The standard InChI is InChI=1S/C12H22BrO4P/c1-12(2,6-3-7-17-18(15)16)9-4-5-10(13)11(14)8-9/h9-10,18H,3-8H2,1-2H3,(H,15,16). The minimum absolute atomic E-state index is 0.0351. The number of ketones is 1. The molecule has 0 saturated heterocycles. The van der Waals surface area contributed by atoms with E-state index in [0.717, 1.165) is 25.7 Å². The van der Waals surface area contributed by atoms with Gasteiger partial charge >= 0.3 is 8.25 Å². The first-order valence-electron chi connectivity index (χ1n) is 6.35.